The van der Waals surface area contributed by atoms with E-state index in [-0.39, 0.29) is 4.75 Å². The number of hydrogen-bond donors (Lipinski definition) is 3. The molecule has 0 spiro atoms. The Morgan fingerprint density at radius 2 is 1.95 bits per heavy atom. The van der Waals surface area contributed by atoms with Gasteiger partial charge in [0.1, 0.15) is 6.04 Å². The van der Waals surface area contributed by atoms with Crippen molar-refractivity contribution >= 4 is 23.8 Å². The summed E-state index contributed by atoms with van der Waals surface area (Å²) >= 11 is 1.77. The molecule has 0 aromatic rings. The standard InChI is InChI=1S/C13H24N2O3S/c1-12(2,3)9(10(16)17)15-11(18)14-8-13(19-4)6-5-7-13/h9H,5-8H2,1-4H3,(H,16,17)(H2,14,15,18)/t9-/m1/s1. The zero-order chi connectivity index (χ0) is 14.7. The first kappa shape index (κ1) is 16.1. The molecule has 2 amide bonds. The van der Waals surface area contributed by atoms with Crippen molar-refractivity contribution in [1.29, 1.82) is 0 Å². The fourth-order valence-electron chi connectivity index (χ4n) is 2.10. The molecule has 0 saturated heterocycles. The molecule has 1 aliphatic carbocycles. The Morgan fingerprint density at radius 1 is 1.37 bits per heavy atom. The second-order valence-electron chi connectivity index (χ2n) is 6.20. The number of aliphatic carboxylic acids is 1. The normalized spacial score (nSPS) is 19.2. The van der Waals surface area contributed by atoms with Crippen LogP contribution in [0.15, 0.2) is 0 Å². The molecular formula is C13H24N2O3S. The highest BCUT2D eigenvalue weighted by molar-refractivity contribution is 8.00. The van der Waals surface area contributed by atoms with Gasteiger partial charge in [0.05, 0.1) is 0 Å². The maximum atomic E-state index is 11.8. The number of urea groups is 1. The van der Waals surface area contributed by atoms with Gasteiger partial charge in [-0.15, -0.1) is 0 Å². The molecule has 0 aromatic heterocycles. The zero-order valence-electron chi connectivity index (χ0n) is 12.1. The lowest BCUT2D eigenvalue weighted by atomic mass is 9.84. The van der Waals surface area contributed by atoms with Crippen LogP contribution in [-0.2, 0) is 4.79 Å². The minimum atomic E-state index is -1.01. The van der Waals surface area contributed by atoms with Gasteiger partial charge in [0.2, 0.25) is 0 Å². The smallest absolute Gasteiger partial charge is 0.326 e. The van der Waals surface area contributed by atoms with Crippen molar-refractivity contribution in [2.24, 2.45) is 5.41 Å². The molecule has 3 N–H and O–H groups in total. The van der Waals surface area contributed by atoms with Gasteiger partial charge < -0.3 is 15.7 Å². The van der Waals surface area contributed by atoms with Gasteiger partial charge in [-0.05, 0) is 24.5 Å². The summed E-state index contributed by atoms with van der Waals surface area (Å²) in [6.07, 6.45) is 5.46. The Morgan fingerprint density at radius 3 is 2.26 bits per heavy atom. The number of carbonyl (C=O) groups excluding carboxylic acids is 1. The van der Waals surface area contributed by atoms with Crippen molar-refractivity contribution in [1.82, 2.24) is 10.6 Å². The molecule has 0 aromatic carbocycles. The third-order valence-corrected chi connectivity index (χ3v) is 5.08. The van der Waals surface area contributed by atoms with Crippen molar-refractivity contribution in [3.8, 4) is 0 Å². The molecule has 0 bridgehead atoms. The predicted octanol–water partition coefficient (Wildman–Crippen LogP) is 2.07. The molecule has 5 nitrogen and oxygen atoms in total. The molecule has 6 heteroatoms. The first-order chi connectivity index (χ1) is 8.70. The van der Waals surface area contributed by atoms with Gasteiger partial charge in [-0.25, -0.2) is 9.59 Å². The SMILES string of the molecule is CSC1(CNC(=O)N[C@H](C(=O)O)C(C)(C)C)CCC1. The lowest BCUT2D eigenvalue weighted by Crippen LogP contribution is -2.55. The van der Waals surface area contributed by atoms with Crippen molar-refractivity contribution in [3.63, 3.8) is 0 Å². The van der Waals surface area contributed by atoms with E-state index in [1.165, 1.54) is 6.42 Å². The van der Waals surface area contributed by atoms with Crippen LogP contribution in [0.2, 0.25) is 0 Å². The molecule has 0 heterocycles. The van der Waals surface area contributed by atoms with Crippen LogP contribution in [0.5, 0.6) is 0 Å². The Bertz CT molecular complexity index is 343. The number of hydrogen-bond acceptors (Lipinski definition) is 3. The fourth-order valence-corrected chi connectivity index (χ4v) is 3.01. The Hall–Kier alpha value is -0.910. The van der Waals surface area contributed by atoms with Crippen LogP contribution in [0.4, 0.5) is 4.79 Å². The average Bonchev–Trinajstić information content (AvgIpc) is 2.23. The summed E-state index contributed by atoms with van der Waals surface area (Å²) in [5.74, 6) is -1.01. The second kappa shape index (κ2) is 6.03. The quantitative estimate of drug-likeness (QED) is 0.723. The van der Waals surface area contributed by atoms with E-state index in [1.54, 1.807) is 32.5 Å². The molecule has 110 valence electrons. The summed E-state index contributed by atoms with van der Waals surface area (Å²) in [6, 6.07) is -1.29. The average molecular weight is 288 g/mol. The van der Waals surface area contributed by atoms with Gasteiger partial charge in [0.15, 0.2) is 0 Å². The van der Waals surface area contributed by atoms with E-state index >= 15 is 0 Å². The zero-order valence-corrected chi connectivity index (χ0v) is 12.9. The highest BCUT2D eigenvalue weighted by Gasteiger charge is 2.37. The van der Waals surface area contributed by atoms with E-state index in [0.29, 0.717) is 6.54 Å². The highest BCUT2D eigenvalue weighted by Crippen LogP contribution is 2.42. The van der Waals surface area contributed by atoms with Gasteiger partial charge >= 0.3 is 12.0 Å². The van der Waals surface area contributed by atoms with E-state index < -0.39 is 23.5 Å². The predicted molar refractivity (Wildman–Crippen MR) is 77.5 cm³/mol. The lowest BCUT2D eigenvalue weighted by Gasteiger charge is -2.40. The van der Waals surface area contributed by atoms with E-state index in [9.17, 15) is 9.59 Å². The molecule has 1 saturated carbocycles. The number of carboxylic acids is 1. The number of carbonyl (C=O) groups is 2. The number of amides is 2. The summed E-state index contributed by atoms with van der Waals surface area (Å²) < 4.78 is 0.151. The molecule has 0 unspecified atom stereocenters. The van der Waals surface area contributed by atoms with Crippen molar-refractivity contribution in [2.75, 3.05) is 12.8 Å². The molecule has 0 radical (unpaired) electrons. The number of rotatable bonds is 5. The third-order valence-electron chi connectivity index (χ3n) is 3.66. The number of nitrogens with one attached hydrogen (secondary N) is 2. The van der Waals surface area contributed by atoms with Gasteiger partial charge in [-0.1, -0.05) is 27.2 Å². The monoisotopic (exact) mass is 288 g/mol. The Labute approximate surface area is 118 Å². The Balaban J connectivity index is 2.47. The van der Waals surface area contributed by atoms with Crippen LogP contribution in [0.1, 0.15) is 40.0 Å². The van der Waals surface area contributed by atoms with Crippen molar-refractivity contribution in [3.05, 3.63) is 0 Å². The first-order valence-corrected chi connectivity index (χ1v) is 7.75. The highest BCUT2D eigenvalue weighted by atomic mass is 32.2. The summed E-state index contributed by atoms with van der Waals surface area (Å²) in [6.45, 7) is 5.97. The Kier molecular flexibility index (Phi) is 5.12. The molecule has 0 aliphatic heterocycles. The maximum absolute atomic E-state index is 11.8. The van der Waals surface area contributed by atoms with Gasteiger partial charge in [-0.2, -0.15) is 11.8 Å². The molecule has 1 fully saturated rings. The summed E-state index contributed by atoms with van der Waals surface area (Å²) in [5, 5.41) is 14.5. The van der Waals surface area contributed by atoms with Crippen LogP contribution in [0.25, 0.3) is 0 Å². The van der Waals surface area contributed by atoms with E-state index in [1.807, 2.05) is 6.26 Å². The summed E-state index contributed by atoms with van der Waals surface area (Å²) in [5.41, 5.74) is -0.517. The summed E-state index contributed by atoms with van der Waals surface area (Å²) in [7, 11) is 0. The number of thioether (sulfide) groups is 1. The molecule has 1 atom stereocenters. The van der Waals surface area contributed by atoms with E-state index in [0.717, 1.165) is 12.8 Å². The maximum Gasteiger partial charge on any atom is 0.326 e. The van der Waals surface area contributed by atoms with Crippen molar-refractivity contribution in [2.45, 2.75) is 50.8 Å². The van der Waals surface area contributed by atoms with Crippen molar-refractivity contribution < 1.29 is 14.7 Å². The van der Waals surface area contributed by atoms with Crippen LogP contribution < -0.4 is 10.6 Å². The molecular weight excluding hydrogens is 264 g/mol. The molecule has 1 aliphatic rings. The topological polar surface area (TPSA) is 78.4 Å². The van der Waals surface area contributed by atoms with Gasteiger partial charge in [0, 0.05) is 11.3 Å². The van der Waals surface area contributed by atoms with Crippen LogP contribution in [-0.4, -0.2) is 40.7 Å². The first-order valence-electron chi connectivity index (χ1n) is 6.52. The second-order valence-corrected chi connectivity index (χ2v) is 7.48. The third kappa shape index (κ3) is 4.30. The van der Waals surface area contributed by atoms with Gasteiger partial charge in [-0.3, -0.25) is 0 Å². The van der Waals surface area contributed by atoms with Gasteiger partial charge in [0.25, 0.3) is 0 Å². The molecule has 1 rings (SSSR count). The van der Waals surface area contributed by atoms with E-state index in [2.05, 4.69) is 10.6 Å². The number of carboxylic acid groups (broad SMARTS) is 1. The van der Waals surface area contributed by atoms with Crippen LogP contribution >= 0.6 is 11.8 Å². The van der Waals surface area contributed by atoms with Crippen LogP contribution in [0, 0.1) is 5.41 Å². The minimum absolute atomic E-state index is 0.151. The lowest BCUT2D eigenvalue weighted by molar-refractivity contribution is -0.141. The largest absolute Gasteiger partial charge is 0.480 e. The molecule has 19 heavy (non-hydrogen) atoms. The van der Waals surface area contributed by atoms with Crippen LogP contribution in [0.3, 0.4) is 0 Å². The minimum Gasteiger partial charge on any atom is -0.480 e. The summed E-state index contributed by atoms with van der Waals surface area (Å²) in [4.78, 5) is 23.0. The fraction of sp³-hybridized carbons (Fsp3) is 0.846. The van der Waals surface area contributed by atoms with E-state index in [4.69, 9.17) is 5.11 Å².